The summed E-state index contributed by atoms with van der Waals surface area (Å²) < 4.78 is 0.856. The van der Waals surface area contributed by atoms with Crippen molar-refractivity contribution in [2.75, 3.05) is 0 Å². The van der Waals surface area contributed by atoms with E-state index in [4.69, 9.17) is 0 Å². The molecule has 0 saturated heterocycles. The largest absolute Gasteiger partial charge is 0.507 e. The van der Waals surface area contributed by atoms with Crippen molar-refractivity contribution in [1.82, 2.24) is 4.98 Å². The summed E-state index contributed by atoms with van der Waals surface area (Å²) in [5.74, 6) is -0.340. The van der Waals surface area contributed by atoms with E-state index in [1.165, 1.54) is 0 Å². The second kappa shape index (κ2) is 11.0. The van der Waals surface area contributed by atoms with Crippen LogP contribution in [0.15, 0.2) is 90.1 Å². The summed E-state index contributed by atoms with van der Waals surface area (Å²) in [6.45, 7) is 3.82. The highest BCUT2D eigenvalue weighted by atomic mass is 79.9. The molecule has 3 rings (SSSR count). The number of aromatic nitrogens is 1. The number of aliphatic hydroxyl groups excluding tert-OH is 2. The first kappa shape index (κ1) is 22.9. The first-order chi connectivity index (χ1) is 15.0. The number of aromatic hydroxyl groups is 1. The van der Waals surface area contributed by atoms with Gasteiger partial charge in [0.05, 0.1) is 17.9 Å². The van der Waals surface area contributed by atoms with Gasteiger partial charge in [-0.15, -0.1) is 6.58 Å². The van der Waals surface area contributed by atoms with Gasteiger partial charge in [-0.2, -0.15) is 0 Å². The van der Waals surface area contributed by atoms with Crippen molar-refractivity contribution in [2.24, 2.45) is 5.92 Å². The fraction of sp³-hybridized carbons (Fsp3) is 0.192. The molecule has 0 aliphatic carbocycles. The lowest BCUT2D eigenvalue weighted by Gasteiger charge is -2.25. The van der Waals surface area contributed by atoms with Crippen LogP contribution in [-0.2, 0) is 0 Å². The number of phenolic OH excluding ortho intramolecular Hbond substituents is 1. The predicted octanol–water partition coefficient (Wildman–Crippen LogP) is 5.77. The van der Waals surface area contributed by atoms with Gasteiger partial charge in [-0.3, -0.25) is 4.98 Å². The van der Waals surface area contributed by atoms with Crippen LogP contribution in [-0.4, -0.2) is 26.4 Å². The van der Waals surface area contributed by atoms with Crippen LogP contribution in [0.5, 0.6) is 5.75 Å². The van der Waals surface area contributed by atoms with Gasteiger partial charge in [0.25, 0.3) is 0 Å². The Morgan fingerprint density at radius 1 is 1.03 bits per heavy atom. The Morgan fingerprint density at radius 2 is 1.77 bits per heavy atom. The fourth-order valence-electron chi connectivity index (χ4n) is 3.52. The molecule has 3 aromatic rings. The molecule has 0 bridgehead atoms. The van der Waals surface area contributed by atoms with E-state index < -0.39 is 18.1 Å². The van der Waals surface area contributed by atoms with Crippen molar-refractivity contribution in [3.05, 3.63) is 107 Å². The second-order valence-electron chi connectivity index (χ2n) is 7.36. The Kier molecular flexibility index (Phi) is 8.18. The van der Waals surface area contributed by atoms with Gasteiger partial charge in [-0.05, 0) is 60.4 Å². The smallest absolute Gasteiger partial charge is 0.122 e. The quantitative estimate of drug-likeness (QED) is 0.340. The van der Waals surface area contributed by atoms with E-state index in [0.29, 0.717) is 18.4 Å². The summed E-state index contributed by atoms with van der Waals surface area (Å²) in [6.07, 6.45) is 4.47. The molecule has 3 atom stereocenters. The highest BCUT2D eigenvalue weighted by Gasteiger charge is 2.25. The van der Waals surface area contributed by atoms with Crippen LogP contribution in [0.1, 0.15) is 35.8 Å². The number of pyridine rings is 1. The number of benzene rings is 2. The first-order valence-corrected chi connectivity index (χ1v) is 10.9. The van der Waals surface area contributed by atoms with Gasteiger partial charge < -0.3 is 15.3 Å². The summed E-state index contributed by atoms with van der Waals surface area (Å²) in [7, 11) is 0. The number of nitrogens with zero attached hydrogens (tertiary/aromatic N) is 1. The van der Waals surface area contributed by atoms with Gasteiger partial charge in [-0.1, -0.05) is 58.4 Å². The average Bonchev–Trinajstić information content (AvgIpc) is 2.80. The van der Waals surface area contributed by atoms with Crippen LogP contribution in [0.2, 0.25) is 0 Å². The topological polar surface area (TPSA) is 73.6 Å². The average molecular weight is 480 g/mol. The lowest BCUT2D eigenvalue weighted by Crippen LogP contribution is -2.25. The minimum atomic E-state index is -0.842. The summed E-state index contributed by atoms with van der Waals surface area (Å²) in [6, 6.07) is 20.2. The van der Waals surface area contributed by atoms with E-state index in [2.05, 4.69) is 27.5 Å². The number of halogens is 1. The summed E-state index contributed by atoms with van der Waals surface area (Å²) in [4.78, 5) is 4.44. The zero-order chi connectivity index (χ0) is 22.2. The molecule has 3 N–H and O–H groups in total. The predicted molar refractivity (Wildman–Crippen MR) is 128 cm³/mol. The molecular formula is C26H26BrNO3. The third-order valence-corrected chi connectivity index (χ3v) is 5.74. The number of hydrogen-bond acceptors (Lipinski definition) is 4. The van der Waals surface area contributed by atoms with Crippen molar-refractivity contribution in [2.45, 2.75) is 25.0 Å². The van der Waals surface area contributed by atoms with Crippen LogP contribution >= 0.6 is 15.9 Å². The maximum atomic E-state index is 10.9. The molecule has 2 aromatic carbocycles. The lowest BCUT2D eigenvalue weighted by atomic mass is 9.87. The van der Waals surface area contributed by atoms with Gasteiger partial charge >= 0.3 is 0 Å². The minimum absolute atomic E-state index is 0.167. The molecule has 4 nitrogen and oxygen atoms in total. The number of hydrogen-bond donors (Lipinski definition) is 3. The first-order valence-electron chi connectivity index (χ1n) is 10.1. The van der Waals surface area contributed by atoms with Gasteiger partial charge in [0, 0.05) is 22.2 Å². The molecule has 1 heterocycles. The number of allylic oxidation sites excluding steroid dienone is 1. The molecule has 0 radical (unpaired) electrons. The van der Waals surface area contributed by atoms with Crippen LogP contribution in [0, 0.1) is 5.92 Å². The molecule has 5 heteroatoms. The van der Waals surface area contributed by atoms with E-state index in [1.54, 1.807) is 24.4 Å². The Labute approximate surface area is 191 Å². The number of phenols is 1. The molecule has 0 amide bonds. The Bertz CT molecular complexity index is 1020. The summed E-state index contributed by atoms with van der Waals surface area (Å²) in [5, 5.41) is 31.9. The van der Waals surface area contributed by atoms with Gasteiger partial charge in [0.2, 0.25) is 0 Å². The molecule has 31 heavy (non-hydrogen) atoms. The zero-order valence-electron chi connectivity index (χ0n) is 17.1. The van der Waals surface area contributed by atoms with Gasteiger partial charge in [-0.25, -0.2) is 0 Å². The van der Waals surface area contributed by atoms with Crippen molar-refractivity contribution >= 4 is 27.6 Å². The Balaban J connectivity index is 1.82. The van der Waals surface area contributed by atoms with Crippen molar-refractivity contribution < 1.29 is 15.3 Å². The highest BCUT2D eigenvalue weighted by molar-refractivity contribution is 9.10. The van der Waals surface area contributed by atoms with Crippen LogP contribution in [0.25, 0.3) is 11.6 Å². The Morgan fingerprint density at radius 3 is 2.45 bits per heavy atom. The summed E-state index contributed by atoms with van der Waals surface area (Å²) >= 11 is 3.44. The van der Waals surface area contributed by atoms with E-state index >= 15 is 0 Å². The molecule has 0 aliphatic rings. The molecule has 0 saturated carbocycles. The molecule has 0 fully saturated rings. The number of aliphatic hydroxyl groups is 2. The van der Waals surface area contributed by atoms with E-state index in [9.17, 15) is 15.3 Å². The Hall–Kier alpha value is -2.73. The minimum Gasteiger partial charge on any atom is -0.507 e. The number of rotatable bonds is 9. The van der Waals surface area contributed by atoms with Crippen molar-refractivity contribution in [3.8, 4) is 5.75 Å². The maximum Gasteiger partial charge on any atom is 0.122 e. The molecular weight excluding hydrogens is 454 g/mol. The maximum absolute atomic E-state index is 10.9. The molecule has 160 valence electrons. The van der Waals surface area contributed by atoms with Crippen LogP contribution < -0.4 is 0 Å². The van der Waals surface area contributed by atoms with Crippen LogP contribution in [0.4, 0.5) is 0 Å². The molecule has 1 aromatic heterocycles. The van der Waals surface area contributed by atoms with E-state index in [-0.39, 0.29) is 5.75 Å². The summed E-state index contributed by atoms with van der Waals surface area (Å²) in [5.41, 5.74) is 3.05. The van der Waals surface area contributed by atoms with Crippen molar-refractivity contribution in [3.63, 3.8) is 0 Å². The fourth-order valence-corrected chi connectivity index (χ4v) is 3.90. The monoisotopic (exact) mass is 479 g/mol. The highest BCUT2D eigenvalue weighted by Crippen LogP contribution is 2.32. The molecule has 0 aliphatic heterocycles. The third-order valence-electron chi connectivity index (χ3n) is 5.24. The van der Waals surface area contributed by atoms with Crippen LogP contribution in [0.3, 0.4) is 0 Å². The van der Waals surface area contributed by atoms with Gasteiger partial charge in [0.15, 0.2) is 0 Å². The van der Waals surface area contributed by atoms with E-state index in [1.807, 2.05) is 60.7 Å². The van der Waals surface area contributed by atoms with Crippen molar-refractivity contribution in [1.29, 1.82) is 0 Å². The second-order valence-corrected chi connectivity index (χ2v) is 8.28. The van der Waals surface area contributed by atoms with Gasteiger partial charge in [0.1, 0.15) is 5.75 Å². The molecule has 0 unspecified atom stereocenters. The lowest BCUT2D eigenvalue weighted by molar-refractivity contribution is 0.0325. The SMILES string of the molecule is C=C[C@H]([C@H](O)CC/C(=C/c1cc(Br)ccc1O)c1ccccn1)[C@H](O)c1ccccc1. The normalized spacial score (nSPS) is 14.6. The van der Waals surface area contributed by atoms with E-state index in [0.717, 1.165) is 21.3 Å². The third kappa shape index (κ3) is 6.14. The molecule has 0 spiro atoms. The standard InChI is InChI=1S/C26H26BrNO3/c1-2-22(26(31)18-8-4-3-5-9-18)25(30)13-11-19(23-10-6-7-15-28-23)16-20-17-21(27)12-14-24(20)29/h2-10,12,14-17,22,25-26,29-31H,1,11,13H2/b19-16-/t22-,25-,26-/m1/s1. The zero-order valence-corrected chi connectivity index (χ0v) is 18.7.